The lowest BCUT2D eigenvalue weighted by Gasteiger charge is -2.17. The molecule has 0 heterocycles. The molecular formula is C16H14BrClN2O2. The smallest absolute Gasteiger partial charge is 0.254 e. The fourth-order valence-corrected chi connectivity index (χ4v) is 2.39. The van der Waals surface area contributed by atoms with Gasteiger partial charge in [-0.25, -0.2) is 0 Å². The monoisotopic (exact) mass is 380 g/mol. The highest BCUT2D eigenvalue weighted by atomic mass is 79.9. The Bertz CT molecular complexity index is 689. The van der Waals surface area contributed by atoms with E-state index in [9.17, 15) is 9.59 Å². The molecule has 2 aromatic carbocycles. The number of amides is 2. The number of carbonyl (C=O) groups excluding carboxylic acids is 2. The van der Waals surface area contributed by atoms with E-state index in [1.54, 1.807) is 49.5 Å². The molecule has 0 saturated heterocycles. The van der Waals surface area contributed by atoms with Crippen molar-refractivity contribution in [3.8, 4) is 0 Å². The van der Waals surface area contributed by atoms with Crippen molar-refractivity contribution in [1.29, 1.82) is 0 Å². The Morgan fingerprint density at radius 2 is 1.86 bits per heavy atom. The van der Waals surface area contributed by atoms with Gasteiger partial charge in [-0.15, -0.1) is 0 Å². The molecule has 0 aliphatic carbocycles. The number of nitrogens with one attached hydrogen (secondary N) is 1. The summed E-state index contributed by atoms with van der Waals surface area (Å²) in [7, 11) is 1.59. The Labute approximate surface area is 142 Å². The van der Waals surface area contributed by atoms with Gasteiger partial charge in [-0.3, -0.25) is 9.59 Å². The van der Waals surface area contributed by atoms with Gasteiger partial charge in [-0.05, 0) is 42.5 Å². The zero-order valence-electron chi connectivity index (χ0n) is 11.8. The van der Waals surface area contributed by atoms with Gasteiger partial charge in [0.25, 0.3) is 5.91 Å². The van der Waals surface area contributed by atoms with Gasteiger partial charge in [0, 0.05) is 27.8 Å². The number of halogens is 2. The van der Waals surface area contributed by atoms with Gasteiger partial charge >= 0.3 is 0 Å². The van der Waals surface area contributed by atoms with Crippen molar-refractivity contribution in [3.63, 3.8) is 0 Å². The SMILES string of the molecule is CN(CC(=O)Nc1ccc(Cl)cc1)C(=O)c1cccc(Br)c1. The lowest BCUT2D eigenvalue weighted by atomic mass is 10.2. The van der Waals surface area contributed by atoms with Gasteiger partial charge in [0.15, 0.2) is 0 Å². The largest absolute Gasteiger partial charge is 0.332 e. The van der Waals surface area contributed by atoms with Crippen LogP contribution in [-0.2, 0) is 4.79 Å². The highest BCUT2D eigenvalue weighted by molar-refractivity contribution is 9.10. The Kier molecular flexibility index (Phi) is 5.57. The van der Waals surface area contributed by atoms with Crippen molar-refractivity contribution >= 4 is 45.0 Å². The third-order valence-electron chi connectivity index (χ3n) is 2.93. The first-order valence-electron chi connectivity index (χ1n) is 6.52. The van der Waals surface area contributed by atoms with Crippen molar-refractivity contribution < 1.29 is 9.59 Å². The first kappa shape index (κ1) is 16.5. The van der Waals surface area contributed by atoms with Crippen molar-refractivity contribution in [2.75, 3.05) is 18.9 Å². The topological polar surface area (TPSA) is 49.4 Å². The van der Waals surface area contributed by atoms with Crippen LogP contribution in [0.5, 0.6) is 0 Å². The summed E-state index contributed by atoms with van der Waals surface area (Å²) in [4.78, 5) is 25.6. The number of hydrogen-bond donors (Lipinski definition) is 1. The van der Waals surface area contributed by atoms with Gasteiger partial charge < -0.3 is 10.2 Å². The molecule has 114 valence electrons. The molecule has 0 saturated carbocycles. The molecule has 2 aromatic rings. The van der Waals surface area contributed by atoms with E-state index in [4.69, 9.17) is 11.6 Å². The molecule has 2 amide bonds. The molecule has 4 nitrogen and oxygen atoms in total. The highest BCUT2D eigenvalue weighted by Gasteiger charge is 2.15. The second kappa shape index (κ2) is 7.42. The number of benzene rings is 2. The molecule has 0 spiro atoms. The molecule has 0 aromatic heterocycles. The standard InChI is InChI=1S/C16H14BrClN2O2/c1-20(16(22)11-3-2-4-12(17)9-11)10-15(21)19-14-7-5-13(18)6-8-14/h2-9H,10H2,1H3,(H,19,21). The first-order valence-corrected chi connectivity index (χ1v) is 7.69. The van der Waals surface area contributed by atoms with E-state index in [-0.39, 0.29) is 18.4 Å². The van der Waals surface area contributed by atoms with E-state index < -0.39 is 0 Å². The quantitative estimate of drug-likeness (QED) is 0.875. The van der Waals surface area contributed by atoms with Crippen molar-refractivity contribution in [3.05, 3.63) is 63.6 Å². The number of hydrogen-bond acceptors (Lipinski definition) is 2. The zero-order valence-corrected chi connectivity index (χ0v) is 14.2. The predicted molar refractivity (Wildman–Crippen MR) is 91.2 cm³/mol. The lowest BCUT2D eigenvalue weighted by Crippen LogP contribution is -2.34. The summed E-state index contributed by atoms with van der Waals surface area (Å²) in [6.07, 6.45) is 0. The summed E-state index contributed by atoms with van der Waals surface area (Å²) in [5.41, 5.74) is 1.16. The zero-order chi connectivity index (χ0) is 16.1. The molecule has 22 heavy (non-hydrogen) atoms. The Morgan fingerprint density at radius 3 is 2.50 bits per heavy atom. The van der Waals surface area contributed by atoms with Crippen molar-refractivity contribution in [1.82, 2.24) is 4.90 Å². The summed E-state index contributed by atoms with van der Waals surface area (Å²) >= 11 is 9.10. The van der Waals surface area contributed by atoms with Gasteiger partial charge in [-0.1, -0.05) is 33.6 Å². The third kappa shape index (κ3) is 4.58. The van der Waals surface area contributed by atoms with E-state index in [1.807, 2.05) is 6.07 Å². The Hall–Kier alpha value is -1.85. The molecule has 6 heteroatoms. The van der Waals surface area contributed by atoms with Crippen LogP contribution in [0.3, 0.4) is 0 Å². The molecule has 0 radical (unpaired) electrons. The van der Waals surface area contributed by atoms with Crippen molar-refractivity contribution in [2.24, 2.45) is 0 Å². The fraction of sp³-hybridized carbons (Fsp3) is 0.125. The van der Waals surface area contributed by atoms with E-state index in [2.05, 4.69) is 21.2 Å². The molecule has 0 unspecified atom stereocenters. The molecule has 2 rings (SSSR count). The molecule has 0 atom stereocenters. The highest BCUT2D eigenvalue weighted by Crippen LogP contribution is 2.14. The minimum absolute atomic E-state index is 0.0338. The van der Waals surface area contributed by atoms with Gasteiger partial charge in [-0.2, -0.15) is 0 Å². The maximum absolute atomic E-state index is 12.2. The van der Waals surface area contributed by atoms with E-state index >= 15 is 0 Å². The van der Waals surface area contributed by atoms with Gasteiger partial charge in [0.05, 0.1) is 6.54 Å². The molecule has 0 aliphatic heterocycles. The second-order valence-corrected chi connectivity index (χ2v) is 6.08. The Morgan fingerprint density at radius 1 is 1.18 bits per heavy atom. The van der Waals surface area contributed by atoms with Crippen LogP contribution in [0, 0.1) is 0 Å². The second-order valence-electron chi connectivity index (χ2n) is 4.73. The average molecular weight is 382 g/mol. The van der Waals surface area contributed by atoms with E-state index in [0.717, 1.165) is 4.47 Å². The Balaban J connectivity index is 1.96. The fourth-order valence-electron chi connectivity index (χ4n) is 1.86. The maximum Gasteiger partial charge on any atom is 0.254 e. The van der Waals surface area contributed by atoms with Crippen LogP contribution >= 0.6 is 27.5 Å². The van der Waals surface area contributed by atoms with Crippen molar-refractivity contribution in [2.45, 2.75) is 0 Å². The number of likely N-dealkylation sites (N-methyl/N-ethyl adjacent to an activating group) is 1. The average Bonchev–Trinajstić information content (AvgIpc) is 2.48. The van der Waals surface area contributed by atoms with E-state index in [0.29, 0.717) is 16.3 Å². The maximum atomic E-state index is 12.2. The van der Waals surface area contributed by atoms with Crippen LogP contribution in [-0.4, -0.2) is 30.3 Å². The molecule has 0 aliphatic rings. The summed E-state index contributed by atoms with van der Waals surface area (Å²) in [6, 6.07) is 13.8. The normalized spacial score (nSPS) is 10.1. The van der Waals surface area contributed by atoms with Gasteiger partial charge in [0.2, 0.25) is 5.91 Å². The van der Waals surface area contributed by atoms with Crippen LogP contribution in [0.25, 0.3) is 0 Å². The summed E-state index contributed by atoms with van der Waals surface area (Å²) in [5.74, 6) is -0.485. The number of nitrogens with zero attached hydrogens (tertiary/aromatic N) is 1. The van der Waals surface area contributed by atoms with Crippen LogP contribution in [0.4, 0.5) is 5.69 Å². The third-order valence-corrected chi connectivity index (χ3v) is 3.67. The molecular weight excluding hydrogens is 368 g/mol. The predicted octanol–water partition coefficient (Wildman–Crippen LogP) is 3.81. The summed E-state index contributed by atoms with van der Waals surface area (Å²) in [5, 5.41) is 3.31. The molecule has 0 bridgehead atoms. The lowest BCUT2D eigenvalue weighted by molar-refractivity contribution is -0.116. The van der Waals surface area contributed by atoms with Crippen LogP contribution in [0.2, 0.25) is 5.02 Å². The first-order chi connectivity index (χ1) is 10.5. The molecule has 0 fully saturated rings. The molecule has 1 N–H and O–H groups in total. The van der Waals surface area contributed by atoms with Crippen LogP contribution in [0.1, 0.15) is 10.4 Å². The number of rotatable bonds is 4. The minimum Gasteiger partial charge on any atom is -0.332 e. The minimum atomic E-state index is -0.270. The van der Waals surface area contributed by atoms with E-state index in [1.165, 1.54) is 4.90 Å². The van der Waals surface area contributed by atoms with Crippen LogP contribution < -0.4 is 5.32 Å². The summed E-state index contributed by atoms with van der Waals surface area (Å²) < 4.78 is 0.817. The number of carbonyl (C=O) groups is 2. The number of anilines is 1. The van der Waals surface area contributed by atoms with Gasteiger partial charge in [0.1, 0.15) is 0 Å². The summed E-state index contributed by atoms with van der Waals surface area (Å²) in [6.45, 7) is -0.0338. The van der Waals surface area contributed by atoms with Crippen LogP contribution in [0.15, 0.2) is 53.0 Å².